The fourth-order valence-electron chi connectivity index (χ4n) is 4.47. The van der Waals surface area contributed by atoms with E-state index in [2.05, 4.69) is 46.9 Å². The Balaban J connectivity index is 2.26. The second-order valence-electron chi connectivity index (χ2n) is 9.59. The van der Waals surface area contributed by atoms with E-state index in [1.54, 1.807) is 7.11 Å². The van der Waals surface area contributed by atoms with Gasteiger partial charge in [-0.1, -0.05) is 33.8 Å². The molecule has 0 saturated heterocycles. The normalized spacial score (nSPS) is 33.3. The fourth-order valence-corrected chi connectivity index (χ4v) is 5.92. The Morgan fingerprint density at radius 2 is 1.96 bits per heavy atom. The lowest BCUT2D eigenvalue weighted by molar-refractivity contribution is -0.0557. The average Bonchev–Trinajstić information content (AvgIpc) is 2.80. The minimum atomic E-state index is -1.84. The van der Waals surface area contributed by atoms with Crippen LogP contribution < -0.4 is 0 Å². The standard InChI is InChI=1S/C20H38O4Si/c1-18(2,3)25(6,7)24-17-10-12-20(14-21)16(13-23-15-22-5)9-8-11-19(17,20)4/h9,17,21H,8,10-15H2,1-7H3/t17-,19+,20-/m0/s1. The minimum Gasteiger partial charge on any atom is -0.413 e. The molecular formula is C20H38O4Si. The zero-order valence-electron chi connectivity index (χ0n) is 17.3. The molecule has 0 heterocycles. The van der Waals surface area contributed by atoms with Crippen LogP contribution in [0.4, 0.5) is 0 Å². The first-order valence-corrected chi connectivity index (χ1v) is 12.5. The van der Waals surface area contributed by atoms with E-state index in [1.807, 2.05) is 0 Å². The Labute approximate surface area is 155 Å². The zero-order chi connectivity index (χ0) is 18.9. The molecule has 0 bridgehead atoms. The second kappa shape index (κ2) is 7.43. The number of hydrogen-bond donors (Lipinski definition) is 1. The van der Waals surface area contributed by atoms with Crippen molar-refractivity contribution in [3.8, 4) is 0 Å². The molecule has 0 spiro atoms. The van der Waals surface area contributed by atoms with Crippen molar-refractivity contribution in [3.05, 3.63) is 11.6 Å². The van der Waals surface area contributed by atoms with E-state index in [0.717, 1.165) is 25.7 Å². The van der Waals surface area contributed by atoms with Crippen LogP contribution in [0.1, 0.15) is 53.4 Å². The van der Waals surface area contributed by atoms with Crippen molar-refractivity contribution in [2.45, 2.75) is 77.6 Å². The van der Waals surface area contributed by atoms with Crippen molar-refractivity contribution in [1.82, 2.24) is 0 Å². The van der Waals surface area contributed by atoms with Crippen LogP contribution in [-0.4, -0.2) is 46.6 Å². The van der Waals surface area contributed by atoms with Crippen LogP contribution in [0.3, 0.4) is 0 Å². The SMILES string of the molecule is COCOCC1=CCC[C@]2(C)[C@@H](O[Si](C)(C)C(C)(C)C)CC[C@]12CO. The van der Waals surface area contributed by atoms with Gasteiger partial charge in [0, 0.05) is 17.9 Å². The maximum Gasteiger partial charge on any atom is 0.192 e. The number of methoxy groups -OCH3 is 1. The Morgan fingerprint density at radius 1 is 1.28 bits per heavy atom. The van der Waals surface area contributed by atoms with Gasteiger partial charge in [0.1, 0.15) is 6.79 Å². The zero-order valence-corrected chi connectivity index (χ0v) is 18.3. The summed E-state index contributed by atoms with van der Waals surface area (Å²) in [5, 5.41) is 10.6. The van der Waals surface area contributed by atoms with Crippen molar-refractivity contribution in [1.29, 1.82) is 0 Å². The van der Waals surface area contributed by atoms with E-state index in [9.17, 15) is 5.11 Å². The summed E-state index contributed by atoms with van der Waals surface area (Å²) >= 11 is 0. The van der Waals surface area contributed by atoms with Crippen LogP contribution in [0, 0.1) is 10.8 Å². The van der Waals surface area contributed by atoms with Crippen molar-refractivity contribution in [2.24, 2.45) is 10.8 Å². The predicted octanol–water partition coefficient (Wildman–Crippen LogP) is 4.50. The third-order valence-electron chi connectivity index (χ3n) is 7.28. The molecule has 5 heteroatoms. The molecule has 2 rings (SSSR count). The van der Waals surface area contributed by atoms with Gasteiger partial charge >= 0.3 is 0 Å². The van der Waals surface area contributed by atoms with Gasteiger partial charge in [-0.05, 0) is 49.4 Å². The van der Waals surface area contributed by atoms with Crippen LogP contribution in [0.25, 0.3) is 0 Å². The Bertz CT molecular complexity index is 496. The Kier molecular flexibility index (Phi) is 6.27. The van der Waals surface area contributed by atoms with E-state index in [-0.39, 0.29) is 28.6 Å². The van der Waals surface area contributed by atoms with Crippen molar-refractivity contribution in [2.75, 3.05) is 27.1 Å². The highest BCUT2D eigenvalue weighted by Crippen LogP contribution is 2.63. The largest absolute Gasteiger partial charge is 0.413 e. The number of rotatable bonds is 7. The lowest BCUT2D eigenvalue weighted by Gasteiger charge is -2.51. The van der Waals surface area contributed by atoms with Crippen LogP contribution in [0.2, 0.25) is 18.1 Å². The van der Waals surface area contributed by atoms with Gasteiger partial charge < -0.3 is 19.0 Å². The molecule has 1 fully saturated rings. The molecule has 0 aromatic rings. The molecule has 2 aliphatic rings. The molecule has 1 N–H and O–H groups in total. The summed E-state index contributed by atoms with van der Waals surface area (Å²) in [7, 11) is -0.206. The molecule has 0 aliphatic heterocycles. The second-order valence-corrected chi connectivity index (χ2v) is 14.3. The summed E-state index contributed by atoms with van der Waals surface area (Å²) in [5.41, 5.74) is 0.992. The van der Waals surface area contributed by atoms with Gasteiger partial charge in [0.15, 0.2) is 8.32 Å². The van der Waals surface area contributed by atoms with Crippen LogP contribution >= 0.6 is 0 Å². The predicted molar refractivity (Wildman–Crippen MR) is 104 cm³/mol. The lowest BCUT2D eigenvalue weighted by Crippen LogP contribution is -2.52. The number of hydrogen-bond acceptors (Lipinski definition) is 4. The third-order valence-corrected chi connectivity index (χ3v) is 11.8. The van der Waals surface area contributed by atoms with Crippen LogP contribution in [0.5, 0.6) is 0 Å². The number of allylic oxidation sites excluding steroid dienone is 1. The van der Waals surface area contributed by atoms with Crippen molar-refractivity contribution >= 4 is 8.32 Å². The summed E-state index contributed by atoms with van der Waals surface area (Å²) in [6.07, 6.45) is 6.59. The first kappa shape index (κ1) is 21.1. The average molecular weight is 371 g/mol. The van der Waals surface area contributed by atoms with Gasteiger partial charge in [-0.15, -0.1) is 0 Å². The quantitative estimate of drug-likeness (QED) is 0.310. The third kappa shape index (κ3) is 3.63. The number of ether oxygens (including phenoxy) is 2. The van der Waals surface area contributed by atoms with Crippen LogP contribution in [-0.2, 0) is 13.9 Å². The summed E-state index contributed by atoms with van der Waals surface area (Å²) in [4.78, 5) is 0. The molecule has 146 valence electrons. The molecule has 0 unspecified atom stereocenters. The molecule has 0 aromatic heterocycles. The molecule has 4 nitrogen and oxygen atoms in total. The Morgan fingerprint density at radius 3 is 2.52 bits per heavy atom. The van der Waals surface area contributed by atoms with E-state index in [0.29, 0.717) is 13.4 Å². The summed E-state index contributed by atoms with van der Waals surface area (Å²) in [6.45, 7) is 14.9. The van der Waals surface area contributed by atoms with E-state index >= 15 is 0 Å². The summed E-state index contributed by atoms with van der Waals surface area (Å²) in [6, 6.07) is 0. The molecular weight excluding hydrogens is 332 g/mol. The van der Waals surface area contributed by atoms with Gasteiger partial charge in [0.2, 0.25) is 0 Å². The van der Waals surface area contributed by atoms with Crippen molar-refractivity contribution < 1.29 is 19.0 Å². The summed E-state index contributed by atoms with van der Waals surface area (Å²) < 4.78 is 17.6. The van der Waals surface area contributed by atoms with E-state index < -0.39 is 8.32 Å². The van der Waals surface area contributed by atoms with Gasteiger partial charge in [-0.2, -0.15) is 0 Å². The molecule has 3 atom stereocenters. The first-order chi connectivity index (χ1) is 11.5. The highest BCUT2D eigenvalue weighted by atomic mass is 28.4. The first-order valence-electron chi connectivity index (χ1n) is 9.59. The molecule has 25 heavy (non-hydrogen) atoms. The molecule has 0 amide bonds. The topological polar surface area (TPSA) is 47.9 Å². The molecule has 0 radical (unpaired) electrons. The fraction of sp³-hybridized carbons (Fsp3) is 0.900. The van der Waals surface area contributed by atoms with Gasteiger partial charge in [0.25, 0.3) is 0 Å². The van der Waals surface area contributed by atoms with Crippen LogP contribution in [0.15, 0.2) is 11.6 Å². The highest BCUT2D eigenvalue weighted by Gasteiger charge is 2.61. The summed E-state index contributed by atoms with van der Waals surface area (Å²) in [5.74, 6) is 0. The molecule has 1 saturated carbocycles. The van der Waals surface area contributed by atoms with E-state index in [4.69, 9.17) is 13.9 Å². The number of aliphatic hydroxyl groups excluding tert-OH is 1. The van der Waals surface area contributed by atoms with Gasteiger partial charge in [-0.3, -0.25) is 0 Å². The maximum atomic E-state index is 10.4. The van der Waals surface area contributed by atoms with Crippen molar-refractivity contribution in [3.63, 3.8) is 0 Å². The smallest absolute Gasteiger partial charge is 0.192 e. The monoisotopic (exact) mass is 370 g/mol. The lowest BCUT2D eigenvalue weighted by atomic mass is 9.57. The minimum absolute atomic E-state index is 0.0300. The Hall–Kier alpha value is -0.203. The van der Waals surface area contributed by atoms with E-state index in [1.165, 1.54) is 5.57 Å². The number of aliphatic hydroxyl groups is 1. The number of fused-ring (bicyclic) bond motifs is 1. The molecule has 2 aliphatic carbocycles. The maximum absolute atomic E-state index is 10.4. The van der Waals surface area contributed by atoms with Gasteiger partial charge in [0.05, 0.1) is 19.3 Å². The van der Waals surface area contributed by atoms with Gasteiger partial charge in [-0.25, -0.2) is 0 Å². The highest BCUT2D eigenvalue weighted by molar-refractivity contribution is 6.74. The molecule has 0 aromatic carbocycles.